The number of piperidine rings is 1. The smallest absolute Gasteiger partial charge is 0.316 e. The third-order valence-electron chi connectivity index (χ3n) is 6.37. The van der Waals surface area contributed by atoms with Crippen molar-refractivity contribution >= 4 is 28.3 Å². The first kappa shape index (κ1) is 20.9. The van der Waals surface area contributed by atoms with E-state index >= 15 is 0 Å². The second-order valence-electron chi connectivity index (χ2n) is 8.53. The van der Waals surface area contributed by atoms with Crippen LogP contribution in [0, 0.1) is 12.8 Å². The summed E-state index contributed by atoms with van der Waals surface area (Å²) in [6.45, 7) is 5.90. The van der Waals surface area contributed by atoms with Crippen LogP contribution in [-0.4, -0.2) is 28.1 Å². The number of hydrogen-bond donors (Lipinski definition) is 1. The van der Waals surface area contributed by atoms with Crippen molar-refractivity contribution in [2.24, 2.45) is 20.0 Å². The van der Waals surface area contributed by atoms with Gasteiger partial charge in [-0.15, -0.1) is 0 Å². The molecular weight excluding hydrogens is 392 g/mol. The molecule has 1 saturated heterocycles. The Morgan fingerprint density at radius 2 is 1.55 bits per heavy atom. The Labute approximate surface area is 180 Å². The molecule has 1 aliphatic rings. The monoisotopic (exact) mass is 420 g/mol. The highest BCUT2D eigenvalue weighted by Crippen LogP contribution is 2.33. The van der Waals surface area contributed by atoms with Gasteiger partial charge in [0.1, 0.15) is 0 Å². The number of amides is 1. The number of nitrogens with zero attached hydrogens (tertiary/aromatic N) is 3. The maximum Gasteiger partial charge on any atom is 0.316 e. The number of rotatable bonds is 3. The number of hydrogen-bond acceptors (Lipinski definition) is 4. The Balaban J connectivity index is 1.88. The van der Waals surface area contributed by atoms with Crippen LogP contribution < -0.4 is 21.3 Å². The zero-order valence-electron chi connectivity index (χ0n) is 18.4. The van der Waals surface area contributed by atoms with Crippen molar-refractivity contribution in [1.82, 2.24) is 9.13 Å². The van der Waals surface area contributed by atoms with Crippen molar-refractivity contribution in [3.05, 3.63) is 68.2 Å². The van der Waals surface area contributed by atoms with Gasteiger partial charge in [0.2, 0.25) is 0 Å². The standard InChI is InChI=1S/C24H28N4O3/c1-15-9-11-28(12-10-15)19-14-21-20(26(3)23(30)24(31)27(21)4)13-18(19)25-22(29)17-8-6-5-7-16(17)2/h5-8,13-15H,9-12H2,1-4H3,(H,25,29). The van der Waals surface area contributed by atoms with Gasteiger partial charge in [0.15, 0.2) is 0 Å². The maximum atomic E-state index is 13.1. The minimum Gasteiger partial charge on any atom is -0.370 e. The number of benzene rings is 2. The molecule has 7 heteroatoms. The van der Waals surface area contributed by atoms with Crippen molar-refractivity contribution in [3.8, 4) is 0 Å². The molecule has 1 fully saturated rings. The fourth-order valence-corrected chi connectivity index (χ4v) is 4.24. The minimum absolute atomic E-state index is 0.195. The number of nitrogens with one attached hydrogen (secondary N) is 1. The van der Waals surface area contributed by atoms with Gasteiger partial charge < -0.3 is 19.4 Å². The maximum absolute atomic E-state index is 13.1. The number of fused-ring (bicyclic) bond motifs is 1. The summed E-state index contributed by atoms with van der Waals surface area (Å²) in [5.74, 6) is 0.464. The fraction of sp³-hybridized carbons (Fsp3) is 0.375. The molecule has 1 N–H and O–H groups in total. The molecule has 7 nitrogen and oxygen atoms in total. The molecule has 2 heterocycles. The van der Waals surface area contributed by atoms with E-state index in [0.29, 0.717) is 28.2 Å². The Hall–Kier alpha value is -3.35. The highest BCUT2D eigenvalue weighted by Gasteiger charge is 2.22. The summed E-state index contributed by atoms with van der Waals surface area (Å²) in [6, 6.07) is 11.2. The molecule has 0 saturated carbocycles. The average Bonchev–Trinajstić information content (AvgIpc) is 2.77. The largest absolute Gasteiger partial charge is 0.370 e. The van der Waals surface area contributed by atoms with Crippen molar-refractivity contribution in [2.45, 2.75) is 26.7 Å². The summed E-state index contributed by atoms with van der Waals surface area (Å²) in [5, 5.41) is 3.07. The third-order valence-corrected chi connectivity index (χ3v) is 6.37. The van der Waals surface area contributed by atoms with Crippen molar-refractivity contribution in [2.75, 3.05) is 23.3 Å². The quantitative estimate of drug-likeness (QED) is 0.661. The van der Waals surface area contributed by atoms with Gasteiger partial charge in [0, 0.05) is 32.7 Å². The first-order chi connectivity index (χ1) is 14.8. The summed E-state index contributed by atoms with van der Waals surface area (Å²) in [5.41, 5.74) is 3.12. The zero-order valence-corrected chi connectivity index (χ0v) is 18.4. The Morgan fingerprint density at radius 1 is 0.968 bits per heavy atom. The number of aryl methyl sites for hydroxylation is 3. The summed E-state index contributed by atoms with van der Waals surface area (Å²) in [7, 11) is 3.20. The number of anilines is 2. The molecule has 0 spiro atoms. The molecule has 1 aliphatic heterocycles. The summed E-state index contributed by atoms with van der Waals surface area (Å²) < 4.78 is 2.74. The van der Waals surface area contributed by atoms with Gasteiger partial charge >= 0.3 is 11.1 Å². The predicted molar refractivity (Wildman–Crippen MR) is 124 cm³/mol. The highest BCUT2D eigenvalue weighted by atomic mass is 16.2. The Morgan fingerprint density at radius 3 is 2.16 bits per heavy atom. The van der Waals surface area contributed by atoms with Crippen LogP contribution in [0.5, 0.6) is 0 Å². The van der Waals surface area contributed by atoms with Crippen LogP contribution in [0.15, 0.2) is 46.0 Å². The summed E-state index contributed by atoms with van der Waals surface area (Å²) in [4.78, 5) is 40.1. The van der Waals surface area contributed by atoms with Gasteiger partial charge in [-0.1, -0.05) is 25.1 Å². The van der Waals surface area contributed by atoms with E-state index in [0.717, 1.165) is 37.2 Å². The molecule has 0 radical (unpaired) electrons. The Bertz CT molecular complexity index is 1280. The van der Waals surface area contributed by atoms with Gasteiger partial charge in [0.25, 0.3) is 5.91 Å². The molecule has 2 aromatic carbocycles. The molecule has 0 bridgehead atoms. The van der Waals surface area contributed by atoms with E-state index < -0.39 is 11.1 Å². The molecule has 1 aromatic heterocycles. The molecule has 0 unspecified atom stereocenters. The molecule has 31 heavy (non-hydrogen) atoms. The van der Waals surface area contributed by atoms with E-state index in [1.165, 1.54) is 9.13 Å². The van der Waals surface area contributed by atoms with E-state index in [2.05, 4.69) is 17.1 Å². The first-order valence-electron chi connectivity index (χ1n) is 10.6. The number of carbonyl (C=O) groups is 1. The lowest BCUT2D eigenvalue weighted by Crippen LogP contribution is -2.39. The van der Waals surface area contributed by atoms with Gasteiger partial charge in [0.05, 0.1) is 22.4 Å². The van der Waals surface area contributed by atoms with E-state index in [1.54, 1.807) is 26.2 Å². The van der Waals surface area contributed by atoms with Crippen molar-refractivity contribution < 1.29 is 4.79 Å². The Kier molecular flexibility index (Phi) is 5.43. The SMILES string of the molecule is Cc1ccccc1C(=O)Nc1cc2c(cc1N1CCC(C)CC1)n(C)c(=O)c(=O)n2C. The fourth-order valence-electron chi connectivity index (χ4n) is 4.24. The topological polar surface area (TPSA) is 76.3 Å². The van der Waals surface area contributed by atoms with Crippen LogP contribution in [0.3, 0.4) is 0 Å². The average molecular weight is 421 g/mol. The van der Waals surface area contributed by atoms with Crippen molar-refractivity contribution in [3.63, 3.8) is 0 Å². The van der Waals surface area contributed by atoms with Crippen LogP contribution in [0.1, 0.15) is 35.7 Å². The lowest BCUT2D eigenvalue weighted by molar-refractivity contribution is 0.102. The molecule has 1 amide bonds. The summed E-state index contributed by atoms with van der Waals surface area (Å²) in [6.07, 6.45) is 2.13. The lowest BCUT2D eigenvalue weighted by atomic mass is 9.98. The number of aromatic nitrogens is 2. The van der Waals surface area contributed by atoms with Gasteiger partial charge in [-0.05, 0) is 49.4 Å². The lowest BCUT2D eigenvalue weighted by Gasteiger charge is -2.34. The summed E-state index contributed by atoms with van der Waals surface area (Å²) >= 11 is 0. The molecule has 0 aliphatic carbocycles. The molecule has 3 aromatic rings. The van der Waals surface area contributed by atoms with Crippen LogP contribution in [0.4, 0.5) is 11.4 Å². The van der Waals surface area contributed by atoms with Gasteiger partial charge in [-0.2, -0.15) is 0 Å². The normalized spacial score (nSPS) is 14.8. The van der Waals surface area contributed by atoms with E-state index in [-0.39, 0.29) is 5.91 Å². The number of carbonyl (C=O) groups excluding carboxylic acids is 1. The van der Waals surface area contributed by atoms with Crippen LogP contribution >= 0.6 is 0 Å². The second kappa shape index (κ2) is 8.06. The van der Waals surface area contributed by atoms with Crippen LogP contribution in [0.2, 0.25) is 0 Å². The van der Waals surface area contributed by atoms with Gasteiger partial charge in [-0.25, -0.2) is 0 Å². The highest BCUT2D eigenvalue weighted by molar-refractivity contribution is 6.08. The molecule has 162 valence electrons. The van der Waals surface area contributed by atoms with Crippen molar-refractivity contribution in [1.29, 1.82) is 0 Å². The second-order valence-corrected chi connectivity index (χ2v) is 8.53. The minimum atomic E-state index is -0.592. The molecular formula is C24H28N4O3. The van der Waals surface area contributed by atoms with Crippen LogP contribution in [0.25, 0.3) is 11.0 Å². The van der Waals surface area contributed by atoms with E-state index in [1.807, 2.05) is 31.2 Å². The van der Waals surface area contributed by atoms with E-state index in [4.69, 9.17) is 0 Å². The van der Waals surface area contributed by atoms with Crippen LogP contribution in [-0.2, 0) is 14.1 Å². The molecule has 4 rings (SSSR count). The molecule has 0 atom stereocenters. The predicted octanol–water partition coefficient (Wildman–Crippen LogP) is 3.03. The third kappa shape index (κ3) is 3.76. The first-order valence-corrected chi connectivity index (χ1v) is 10.6. The zero-order chi connectivity index (χ0) is 22.3. The van der Waals surface area contributed by atoms with E-state index in [9.17, 15) is 14.4 Å². The van der Waals surface area contributed by atoms with Gasteiger partial charge in [-0.3, -0.25) is 14.4 Å².